The quantitative estimate of drug-likeness (QED) is 0.701. The second-order valence-corrected chi connectivity index (χ2v) is 7.51. The molecule has 0 radical (unpaired) electrons. The minimum absolute atomic E-state index is 0.0752. The van der Waals surface area contributed by atoms with Crippen molar-refractivity contribution in [3.05, 3.63) is 64.4 Å². The van der Waals surface area contributed by atoms with Gasteiger partial charge in [-0.3, -0.25) is 9.69 Å². The molecule has 0 unspecified atom stereocenters. The van der Waals surface area contributed by atoms with Gasteiger partial charge in [0, 0.05) is 18.8 Å². The lowest BCUT2D eigenvalue weighted by Gasteiger charge is -2.32. The molecule has 1 atom stereocenters. The lowest BCUT2D eigenvalue weighted by atomic mass is 9.96. The van der Waals surface area contributed by atoms with E-state index in [0.717, 1.165) is 24.9 Å². The number of esters is 1. The summed E-state index contributed by atoms with van der Waals surface area (Å²) >= 11 is 6.17. The summed E-state index contributed by atoms with van der Waals surface area (Å²) in [5.41, 5.74) is 1.84. The van der Waals surface area contributed by atoms with Gasteiger partial charge in [0.15, 0.2) is 0 Å². The summed E-state index contributed by atoms with van der Waals surface area (Å²) in [6.45, 7) is 4.22. The fourth-order valence-electron chi connectivity index (χ4n) is 3.47. The highest BCUT2D eigenvalue weighted by Crippen LogP contribution is 2.24. The van der Waals surface area contributed by atoms with E-state index in [-0.39, 0.29) is 34.8 Å². The number of halogens is 2. The molecule has 0 aromatic heterocycles. The van der Waals surface area contributed by atoms with Crippen molar-refractivity contribution in [3.8, 4) is 0 Å². The van der Waals surface area contributed by atoms with Crippen LogP contribution < -0.4 is 5.32 Å². The maximum Gasteiger partial charge on any atom is 0.339 e. The Kier molecular flexibility index (Phi) is 7.23. The zero-order chi connectivity index (χ0) is 20.8. The molecule has 7 heteroatoms. The molecule has 1 fully saturated rings. The van der Waals surface area contributed by atoms with Crippen LogP contribution in [0.1, 0.15) is 35.7 Å². The van der Waals surface area contributed by atoms with Crippen LogP contribution in [0.15, 0.2) is 42.5 Å². The van der Waals surface area contributed by atoms with Crippen LogP contribution in [0, 0.1) is 11.7 Å². The molecule has 154 valence electrons. The Morgan fingerprint density at radius 3 is 2.69 bits per heavy atom. The highest BCUT2D eigenvalue weighted by Gasteiger charge is 2.26. The molecule has 29 heavy (non-hydrogen) atoms. The maximum absolute atomic E-state index is 13.1. The van der Waals surface area contributed by atoms with Gasteiger partial charge in [-0.05, 0) is 62.2 Å². The number of nitrogens with zero attached hydrogens (tertiary/aromatic N) is 1. The Morgan fingerprint density at radius 1 is 1.24 bits per heavy atom. The summed E-state index contributed by atoms with van der Waals surface area (Å²) in [6.07, 6.45) is 1.72. The molecule has 1 aliphatic rings. The van der Waals surface area contributed by atoms with Crippen LogP contribution in [0.4, 0.5) is 10.1 Å². The van der Waals surface area contributed by atoms with Gasteiger partial charge in [0.2, 0.25) is 5.91 Å². The van der Waals surface area contributed by atoms with Gasteiger partial charge in [-0.1, -0.05) is 23.7 Å². The molecule has 0 aliphatic carbocycles. The van der Waals surface area contributed by atoms with Gasteiger partial charge < -0.3 is 10.1 Å². The minimum atomic E-state index is -0.487. The Bertz CT molecular complexity index is 873. The van der Waals surface area contributed by atoms with Crippen LogP contribution in [0.25, 0.3) is 0 Å². The largest absolute Gasteiger partial charge is 0.462 e. The zero-order valence-electron chi connectivity index (χ0n) is 16.3. The Hall–Kier alpha value is -2.44. The zero-order valence-corrected chi connectivity index (χ0v) is 17.0. The van der Waals surface area contributed by atoms with Crippen molar-refractivity contribution in [2.45, 2.75) is 26.3 Å². The number of carbonyl (C=O) groups is 2. The third kappa shape index (κ3) is 5.78. The molecule has 1 amide bonds. The van der Waals surface area contributed by atoms with Crippen molar-refractivity contribution in [1.29, 1.82) is 0 Å². The molecule has 0 spiro atoms. The number of piperidine rings is 1. The van der Waals surface area contributed by atoms with E-state index in [9.17, 15) is 14.0 Å². The van der Waals surface area contributed by atoms with Crippen molar-refractivity contribution in [1.82, 2.24) is 4.90 Å². The van der Waals surface area contributed by atoms with Gasteiger partial charge in [0.05, 0.1) is 23.1 Å². The minimum Gasteiger partial charge on any atom is -0.462 e. The molecule has 3 rings (SSSR count). The molecule has 5 nitrogen and oxygen atoms in total. The van der Waals surface area contributed by atoms with Crippen molar-refractivity contribution >= 4 is 29.2 Å². The monoisotopic (exact) mass is 418 g/mol. The third-order valence-electron chi connectivity index (χ3n) is 4.93. The van der Waals surface area contributed by atoms with Crippen molar-refractivity contribution < 1.29 is 18.7 Å². The first-order chi connectivity index (χ1) is 14.0. The second kappa shape index (κ2) is 9.85. The number of benzene rings is 2. The molecule has 2 aromatic carbocycles. The number of ether oxygens (including phenoxy) is 1. The molecule has 1 heterocycles. The van der Waals surface area contributed by atoms with Gasteiger partial charge in [-0.25, -0.2) is 9.18 Å². The highest BCUT2D eigenvalue weighted by atomic mass is 35.5. The first kappa shape index (κ1) is 21.3. The average molecular weight is 419 g/mol. The summed E-state index contributed by atoms with van der Waals surface area (Å²) in [6, 6.07) is 11.2. The average Bonchev–Trinajstić information content (AvgIpc) is 2.70. The SMILES string of the molecule is CCOC(=O)c1ccc(NC(=O)[C@H]2CCCN(Cc3ccc(F)cc3)C2)cc1Cl. The van der Waals surface area contributed by atoms with Gasteiger partial charge in [-0.15, -0.1) is 0 Å². The van der Waals surface area contributed by atoms with Crippen molar-refractivity contribution in [2.75, 3.05) is 25.0 Å². The van der Waals surface area contributed by atoms with Crippen molar-refractivity contribution in [3.63, 3.8) is 0 Å². The fourth-order valence-corrected chi connectivity index (χ4v) is 3.73. The topological polar surface area (TPSA) is 58.6 Å². The number of carbonyl (C=O) groups excluding carboxylic acids is 2. The van der Waals surface area contributed by atoms with E-state index >= 15 is 0 Å². The molecular weight excluding hydrogens is 395 g/mol. The third-order valence-corrected chi connectivity index (χ3v) is 5.24. The summed E-state index contributed by atoms with van der Waals surface area (Å²) in [5.74, 6) is -0.960. The summed E-state index contributed by atoms with van der Waals surface area (Å²) in [7, 11) is 0. The number of anilines is 1. The van der Waals surface area contributed by atoms with Crippen LogP contribution in [0.2, 0.25) is 5.02 Å². The molecule has 1 aliphatic heterocycles. The molecule has 0 bridgehead atoms. The van der Waals surface area contributed by atoms with Gasteiger partial charge >= 0.3 is 5.97 Å². The summed E-state index contributed by atoms with van der Waals surface area (Å²) in [5, 5.41) is 3.13. The van der Waals surface area contributed by atoms with Crippen LogP contribution in [-0.2, 0) is 16.1 Å². The number of hydrogen-bond acceptors (Lipinski definition) is 4. The number of rotatable bonds is 6. The van der Waals surface area contributed by atoms with E-state index in [1.807, 2.05) is 0 Å². The van der Waals surface area contributed by atoms with Gasteiger partial charge in [0.25, 0.3) is 0 Å². The second-order valence-electron chi connectivity index (χ2n) is 7.11. The summed E-state index contributed by atoms with van der Waals surface area (Å²) < 4.78 is 18.0. The first-order valence-electron chi connectivity index (χ1n) is 9.70. The lowest BCUT2D eigenvalue weighted by molar-refractivity contribution is -0.121. The predicted octanol–water partition coefficient (Wildman–Crippen LogP) is 4.51. The van der Waals surface area contributed by atoms with E-state index in [1.165, 1.54) is 12.1 Å². The van der Waals surface area contributed by atoms with E-state index in [0.29, 0.717) is 18.8 Å². The van der Waals surface area contributed by atoms with Crippen LogP contribution in [-0.4, -0.2) is 36.5 Å². The number of likely N-dealkylation sites (tertiary alicyclic amines) is 1. The molecule has 0 saturated carbocycles. The smallest absolute Gasteiger partial charge is 0.339 e. The van der Waals surface area contributed by atoms with E-state index in [2.05, 4.69) is 10.2 Å². The Labute approximate surface area is 174 Å². The van der Waals surface area contributed by atoms with E-state index < -0.39 is 5.97 Å². The Morgan fingerprint density at radius 2 is 2.00 bits per heavy atom. The maximum atomic E-state index is 13.1. The standard InChI is InChI=1S/C22H24ClFN2O3/c1-2-29-22(28)19-10-9-18(12-20(19)23)25-21(27)16-4-3-11-26(14-16)13-15-5-7-17(24)8-6-15/h5-10,12,16H,2-4,11,13-14H2,1H3,(H,25,27)/t16-/m0/s1. The van der Waals surface area contributed by atoms with Crippen molar-refractivity contribution in [2.24, 2.45) is 5.92 Å². The number of amides is 1. The van der Waals surface area contributed by atoms with Crippen LogP contribution in [0.5, 0.6) is 0 Å². The van der Waals surface area contributed by atoms with E-state index in [1.54, 1.807) is 37.3 Å². The van der Waals surface area contributed by atoms with E-state index in [4.69, 9.17) is 16.3 Å². The van der Waals surface area contributed by atoms with Crippen LogP contribution >= 0.6 is 11.6 Å². The molecule has 1 saturated heterocycles. The number of hydrogen-bond donors (Lipinski definition) is 1. The lowest BCUT2D eigenvalue weighted by Crippen LogP contribution is -2.40. The Balaban J connectivity index is 1.59. The van der Waals surface area contributed by atoms with Gasteiger partial charge in [0.1, 0.15) is 5.82 Å². The molecule has 1 N–H and O–H groups in total. The van der Waals surface area contributed by atoms with Crippen LogP contribution in [0.3, 0.4) is 0 Å². The highest BCUT2D eigenvalue weighted by molar-refractivity contribution is 6.34. The normalized spacial score (nSPS) is 17.0. The fraction of sp³-hybridized carbons (Fsp3) is 0.364. The molecule has 2 aromatic rings. The first-order valence-corrected chi connectivity index (χ1v) is 10.1. The summed E-state index contributed by atoms with van der Waals surface area (Å²) in [4.78, 5) is 26.8. The molecular formula is C22H24ClFN2O3. The number of nitrogens with one attached hydrogen (secondary N) is 1. The van der Waals surface area contributed by atoms with Gasteiger partial charge in [-0.2, -0.15) is 0 Å². The predicted molar refractivity (Wildman–Crippen MR) is 110 cm³/mol.